The summed E-state index contributed by atoms with van der Waals surface area (Å²) in [6, 6.07) is 4.83. The van der Waals surface area contributed by atoms with Crippen molar-refractivity contribution in [2.45, 2.75) is 12.6 Å². The number of aliphatic hydroxyl groups excluding tert-OH is 2. The Morgan fingerprint density at radius 3 is 2.95 bits per heavy atom. The third kappa shape index (κ3) is 4.02. The predicted molar refractivity (Wildman–Crippen MR) is 72.5 cm³/mol. The summed E-state index contributed by atoms with van der Waals surface area (Å²) >= 11 is 0. The summed E-state index contributed by atoms with van der Waals surface area (Å²) in [4.78, 5) is 2.06. The smallest absolute Gasteiger partial charge is 0.128 e. The van der Waals surface area contributed by atoms with Crippen LogP contribution >= 0.6 is 0 Å². The Hall–Kier alpha value is -1.45. The van der Waals surface area contributed by atoms with Gasteiger partial charge in [0, 0.05) is 30.8 Å². The van der Waals surface area contributed by atoms with Crippen molar-refractivity contribution in [3.05, 3.63) is 35.1 Å². The first-order chi connectivity index (χ1) is 9.72. The van der Waals surface area contributed by atoms with Gasteiger partial charge in [0.25, 0.3) is 0 Å². The minimum Gasteiger partial charge on any atom is -0.394 e. The van der Waals surface area contributed by atoms with E-state index >= 15 is 0 Å². The molecule has 1 fully saturated rings. The molecule has 1 heterocycles. The molecule has 0 aromatic heterocycles. The highest BCUT2D eigenvalue weighted by Gasteiger charge is 2.20. The summed E-state index contributed by atoms with van der Waals surface area (Å²) < 4.78 is 19.3. The summed E-state index contributed by atoms with van der Waals surface area (Å²) in [5, 5.41) is 17.7. The van der Waals surface area contributed by atoms with E-state index < -0.39 is 0 Å². The second-order valence-corrected chi connectivity index (χ2v) is 4.68. The molecule has 0 bridgehead atoms. The number of hydrogen-bond donors (Lipinski definition) is 2. The first-order valence-corrected chi connectivity index (χ1v) is 6.56. The average molecular weight is 279 g/mol. The van der Waals surface area contributed by atoms with Crippen LogP contribution in [0.15, 0.2) is 18.2 Å². The molecule has 1 saturated heterocycles. The fourth-order valence-electron chi connectivity index (χ4n) is 2.17. The van der Waals surface area contributed by atoms with E-state index in [0.717, 1.165) is 6.54 Å². The van der Waals surface area contributed by atoms with Crippen molar-refractivity contribution in [2.75, 3.05) is 32.9 Å². The average Bonchev–Trinajstić information content (AvgIpc) is 2.48. The van der Waals surface area contributed by atoms with Crippen LogP contribution in [0.1, 0.15) is 11.1 Å². The van der Waals surface area contributed by atoms with Crippen molar-refractivity contribution in [1.29, 1.82) is 0 Å². The van der Waals surface area contributed by atoms with Crippen LogP contribution < -0.4 is 0 Å². The second kappa shape index (κ2) is 7.36. The summed E-state index contributed by atoms with van der Waals surface area (Å²) in [5.74, 6) is 4.86. The van der Waals surface area contributed by atoms with Crippen molar-refractivity contribution in [1.82, 2.24) is 4.90 Å². The number of aliphatic hydroxyl groups is 2. The molecule has 1 aromatic carbocycles. The zero-order valence-corrected chi connectivity index (χ0v) is 11.2. The molecule has 0 amide bonds. The second-order valence-electron chi connectivity index (χ2n) is 4.68. The molecule has 2 rings (SSSR count). The van der Waals surface area contributed by atoms with Crippen molar-refractivity contribution in [3.63, 3.8) is 0 Å². The minimum absolute atomic E-state index is 0.0192. The first kappa shape index (κ1) is 14.9. The lowest BCUT2D eigenvalue weighted by Crippen LogP contribution is -2.43. The zero-order valence-electron chi connectivity index (χ0n) is 11.2. The predicted octanol–water partition coefficient (Wildman–Crippen LogP) is 0.363. The van der Waals surface area contributed by atoms with Gasteiger partial charge < -0.3 is 14.9 Å². The lowest BCUT2D eigenvalue weighted by molar-refractivity contribution is -0.0553. The van der Waals surface area contributed by atoms with Crippen LogP contribution in [0.5, 0.6) is 0 Å². The summed E-state index contributed by atoms with van der Waals surface area (Å²) in [6.07, 6.45) is -0.193. The Bertz CT molecular complexity index is 510. The molecule has 1 unspecified atom stereocenters. The van der Waals surface area contributed by atoms with Gasteiger partial charge in [-0.2, -0.15) is 0 Å². The van der Waals surface area contributed by atoms with Gasteiger partial charge in [0.05, 0.1) is 19.3 Å². The third-order valence-electron chi connectivity index (χ3n) is 3.19. The lowest BCUT2D eigenvalue weighted by atomic mass is 10.1. The number of morpholine rings is 1. The van der Waals surface area contributed by atoms with Crippen molar-refractivity contribution in [3.8, 4) is 11.8 Å². The number of halogens is 1. The molecule has 0 radical (unpaired) electrons. The molecule has 1 aromatic rings. The lowest BCUT2D eigenvalue weighted by Gasteiger charge is -2.32. The highest BCUT2D eigenvalue weighted by Crippen LogP contribution is 2.15. The van der Waals surface area contributed by atoms with Gasteiger partial charge in [-0.1, -0.05) is 17.9 Å². The molecule has 4 nitrogen and oxygen atoms in total. The molecule has 1 aliphatic heterocycles. The summed E-state index contributed by atoms with van der Waals surface area (Å²) in [6.45, 7) is 2.10. The molecular weight excluding hydrogens is 261 g/mol. The van der Waals surface area contributed by atoms with Gasteiger partial charge in [-0.3, -0.25) is 4.90 Å². The molecule has 1 atom stereocenters. The molecule has 5 heteroatoms. The molecule has 108 valence electrons. The normalized spacial score (nSPS) is 19.4. The van der Waals surface area contributed by atoms with Crippen LogP contribution in [-0.2, 0) is 11.3 Å². The van der Waals surface area contributed by atoms with E-state index in [2.05, 4.69) is 16.7 Å². The highest BCUT2D eigenvalue weighted by molar-refractivity contribution is 5.37. The van der Waals surface area contributed by atoms with Crippen LogP contribution in [-0.4, -0.2) is 54.1 Å². The number of ether oxygens (including phenoxy) is 1. The fraction of sp³-hybridized carbons (Fsp3) is 0.467. The Morgan fingerprint density at radius 1 is 1.40 bits per heavy atom. The molecule has 2 N–H and O–H groups in total. The topological polar surface area (TPSA) is 52.9 Å². The van der Waals surface area contributed by atoms with Gasteiger partial charge in [-0.05, 0) is 12.1 Å². The number of hydrogen-bond acceptors (Lipinski definition) is 4. The molecule has 20 heavy (non-hydrogen) atoms. The Balaban J connectivity index is 2.02. The Kier molecular flexibility index (Phi) is 5.50. The van der Waals surface area contributed by atoms with E-state index in [1.165, 1.54) is 6.07 Å². The monoisotopic (exact) mass is 279 g/mol. The number of rotatable bonds is 3. The van der Waals surface area contributed by atoms with Gasteiger partial charge in [0.15, 0.2) is 0 Å². The van der Waals surface area contributed by atoms with Crippen LogP contribution in [0.4, 0.5) is 4.39 Å². The van der Waals surface area contributed by atoms with Gasteiger partial charge in [0.2, 0.25) is 0 Å². The van der Waals surface area contributed by atoms with Crippen molar-refractivity contribution >= 4 is 0 Å². The zero-order chi connectivity index (χ0) is 14.4. The van der Waals surface area contributed by atoms with Gasteiger partial charge >= 0.3 is 0 Å². The molecular formula is C15H18FNO3. The van der Waals surface area contributed by atoms with E-state index in [1.54, 1.807) is 12.1 Å². The van der Waals surface area contributed by atoms with E-state index in [1.807, 2.05) is 0 Å². The van der Waals surface area contributed by atoms with E-state index in [9.17, 15) is 4.39 Å². The fourth-order valence-corrected chi connectivity index (χ4v) is 2.17. The summed E-state index contributed by atoms with van der Waals surface area (Å²) in [5.41, 5.74) is 1.15. The highest BCUT2D eigenvalue weighted by atomic mass is 19.1. The number of benzene rings is 1. The maximum absolute atomic E-state index is 14.0. The standard InChI is InChI=1S/C15H18FNO3/c16-15-8-12(2-1-6-18)3-4-13(15)9-17-5-7-20-14(10-17)11-19/h3-4,8,14,18-19H,5-7,9-11H2. The van der Waals surface area contributed by atoms with Gasteiger partial charge in [-0.25, -0.2) is 4.39 Å². The third-order valence-corrected chi connectivity index (χ3v) is 3.19. The maximum atomic E-state index is 14.0. The van der Waals surface area contributed by atoms with Gasteiger partial charge in [0.1, 0.15) is 12.4 Å². The molecule has 0 aliphatic carbocycles. The van der Waals surface area contributed by atoms with Crippen molar-refractivity contribution < 1.29 is 19.3 Å². The minimum atomic E-state index is -0.304. The van der Waals surface area contributed by atoms with E-state index in [-0.39, 0.29) is 25.1 Å². The van der Waals surface area contributed by atoms with Crippen LogP contribution in [0, 0.1) is 17.7 Å². The summed E-state index contributed by atoms with van der Waals surface area (Å²) in [7, 11) is 0. The van der Waals surface area contributed by atoms with Crippen LogP contribution in [0.25, 0.3) is 0 Å². The largest absolute Gasteiger partial charge is 0.394 e. The first-order valence-electron chi connectivity index (χ1n) is 6.56. The van der Waals surface area contributed by atoms with E-state index in [4.69, 9.17) is 14.9 Å². The Labute approximate surface area is 117 Å². The molecule has 0 saturated carbocycles. The SMILES string of the molecule is OCC#Cc1ccc(CN2CCOC(CO)C2)c(F)c1. The van der Waals surface area contributed by atoms with Gasteiger partial charge in [-0.15, -0.1) is 0 Å². The maximum Gasteiger partial charge on any atom is 0.128 e. The van der Waals surface area contributed by atoms with Crippen LogP contribution in [0.2, 0.25) is 0 Å². The Morgan fingerprint density at radius 2 is 2.25 bits per heavy atom. The number of nitrogens with zero attached hydrogens (tertiary/aromatic N) is 1. The van der Waals surface area contributed by atoms with Crippen molar-refractivity contribution in [2.24, 2.45) is 0 Å². The van der Waals surface area contributed by atoms with Crippen LogP contribution in [0.3, 0.4) is 0 Å². The quantitative estimate of drug-likeness (QED) is 0.785. The molecule has 1 aliphatic rings. The molecule has 0 spiro atoms. The van der Waals surface area contributed by atoms with E-state index in [0.29, 0.717) is 30.8 Å².